The van der Waals surface area contributed by atoms with Gasteiger partial charge in [0.15, 0.2) is 5.60 Å². The fourth-order valence-electron chi connectivity index (χ4n) is 2.63. The first-order valence-electron chi connectivity index (χ1n) is 7.32. The van der Waals surface area contributed by atoms with Crippen molar-refractivity contribution in [3.8, 4) is 0 Å². The highest BCUT2D eigenvalue weighted by molar-refractivity contribution is 7.16. The van der Waals surface area contributed by atoms with E-state index < -0.39 is 40.1 Å². The van der Waals surface area contributed by atoms with Crippen LogP contribution in [0.3, 0.4) is 0 Å². The molecule has 1 aromatic carbocycles. The largest absolute Gasteiger partial charge is 0.377 e. The standard InChI is InChI=1S/C15H13ClF4N4OS/c1-23-8-24(22-21-23)7-14(25,10-3-2-9(17)6-11(10)18)15(19,20)12-4-5-13(16)26-12/h2-6,25H,7-8H2,1H3. The number of β-amino-alcohol motifs (C(OH)–C–C–N with tert-alkyl or cyclic N) is 1. The van der Waals surface area contributed by atoms with Crippen LogP contribution < -0.4 is 0 Å². The van der Waals surface area contributed by atoms with Crippen molar-refractivity contribution in [1.29, 1.82) is 0 Å². The van der Waals surface area contributed by atoms with Crippen molar-refractivity contribution in [3.63, 3.8) is 0 Å². The Morgan fingerprint density at radius 1 is 1.23 bits per heavy atom. The molecule has 1 aliphatic rings. The maximum atomic E-state index is 15.3. The predicted molar refractivity (Wildman–Crippen MR) is 87.7 cm³/mol. The fraction of sp³-hybridized carbons (Fsp3) is 0.333. The van der Waals surface area contributed by atoms with Gasteiger partial charge in [-0.25, -0.2) is 8.78 Å². The van der Waals surface area contributed by atoms with Crippen LogP contribution in [-0.2, 0) is 11.5 Å². The number of aliphatic hydroxyl groups is 1. The topological polar surface area (TPSA) is 51.4 Å². The van der Waals surface area contributed by atoms with E-state index in [0.717, 1.165) is 23.2 Å². The molecule has 1 N–H and O–H groups in total. The van der Waals surface area contributed by atoms with Gasteiger partial charge in [0.05, 0.1) is 15.8 Å². The third-order valence-corrected chi connectivity index (χ3v) is 5.18. The van der Waals surface area contributed by atoms with E-state index in [9.17, 15) is 13.9 Å². The van der Waals surface area contributed by atoms with E-state index >= 15 is 8.78 Å². The normalized spacial score (nSPS) is 17.0. The monoisotopic (exact) mass is 408 g/mol. The second kappa shape index (κ2) is 6.67. The maximum Gasteiger partial charge on any atom is 0.316 e. The summed E-state index contributed by atoms with van der Waals surface area (Å²) in [4.78, 5) is -0.557. The molecule has 26 heavy (non-hydrogen) atoms. The summed E-state index contributed by atoms with van der Waals surface area (Å²) >= 11 is 6.29. The van der Waals surface area contributed by atoms with E-state index in [1.807, 2.05) is 0 Å². The molecule has 11 heteroatoms. The number of benzene rings is 1. The van der Waals surface area contributed by atoms with Crippen LogP contribution in [0.1, 0.15) is 10.4 Å². The molecule has 0 amide bonds. The Hall–Kier alpha value is -1.91. The zero-order valence-electron chi connectivity index (χ0n) is 13.3. The third kappa shape index (κ3) is 3.24. The van der Waals surface area contributed by atoms with Crippen molar-refractivity contribution in [2.45, 2.75) is 11.5 Å². The van der Waals surface area contributed by atoms with E-state index in [2.05, 4.69) is 10.4 Å². The summed E-state index contributed by atoms with van der Waals surface area (Å²) < 4.78 is 58.2. The van der Waals surface area contributed by atoms with Gasteiger partial charge in [0.1, 0.15) is 18.3 Å². The summed E-state index contributed by atoms with van der Waals surface area (Å²) in [5.74, 6) is -6.17. The van der Waals surface area contributed by atoms with Crippen LogP contribution in [0.4, 0.5) is 17.6 Å². The minimum Gasteiger partial charge on any atom is -0.377 e. The van der Waals surface area contributed by atoms with Gasteiger partial charge < -0.3 is 5.11 Å². The molecule has 1 unspecified atom stereocenters. The lowest BCUT2D eigenvalue weighted by atomic mass is 9.85. The summed E-state index contributed by atoms with van der Waals surface area (Å²) in [5.41, 5.74) is -3.79. The van der Waals surface area contributed by atoms with Gasteiger partial charge in [-0.2, -0.15) is 8.78 Å². The van der Waals surface area contributed by atoms with E-state index in [4.69, 9.17) is 11.6 Å². The van der Waals surface area contributed by atoms with Crippen molar-refractivity contribution in [2.75, 3.05) is 20.3 Å². The van der Waals surface area contributed by atoms with Crippen LogP contribution in [0.25, 0.3) is 0 Å². The molecule has 0 saturated heterocycles. The molecule has 0 fully saturated rings. The molecule has 3 rings (SSSR count). The SMILES string of the molecule is CN1CN(CC(O)(c2ccc(F)cc2F)C(F)(F)c2ccc(Cl)s2)N=N1. The quantitative estimate of drug-likeness (QED) is 0.756. The van der Waals surface area contributed by atoms with Gasteiger partial charge >= 0.3 is 5.92 Å². The molecule has 5 nitrogen and oxygen atoms in total. The van der Waals surface area contributed by atoms with Gasteiger partial charge in [-0.3, -0.25) is 10.0 Å². The lowest BCUT2D eigenvalue weighted by molar-refractivity contribution is -0.204. The van der Waals surface area contributed by atoms with Crippen LogP contribution in [0.5, 0.6) is 0 Å². The lowest BCUT2D eigenvalue weighted by Crippen LogP contribution is -2.51. The molecule has 0 saturated carbocycles. The summed E-state index contributed by atoms with van der Waals surface area (Å²) in [5, 5.41) is 20.7. The molecule has 1 atom stereocenters. The highest BCUT2D eigenvalue weighted by atomic mass is 35.5. The average molecular weight is 409 g/mol. The molecule has 1 aliphatic heterocycles. The van der Waals surface area contributed by atoms with E-state index in [1.54, 1.807) is 7.05 Å². The van der Waals surface area contributed by atoms with Gasteiger partial charge in [0.2, 0.25) is 0 Å². The molecule has 2 aromatic rings. The lowest BCUT2D eigenvalue weighted by Gasteiger charge is -2.37. The first kappa shape index (κ1) is 18.9. The number of halogens is 5. The van der Waals surface area contributed by atoms with E-state index in [1.165, 1.54) is 11.1 Å². The van der Waals surface area contributed by atoms with Crippen molar-refractivity contribution in [1.82, 2.24) is 10.0 Å². The third-order valence-electron chi connectivity index (χ3n) is 3.88. The number of thiophene rings is 1. The molecule has 1 aromatic heterocycles. The smallest absolute Gasteiger partial charge is 0.316 e. The Kier molecular flexibility index (Phi) is 4.84. The van der Waals surface area contributed by atoms with E-state index in [0.29, 0.717) is 17.4 Å². The zero-order chi connectivity index (χ0) is 19.1. The number of rotatable bonds is 5. The molecule has 0 radical (unpaired) electrons. The Balaban J connectivity index is 2.10. The van der Waals surface area contributed by atoms with Crippen molar-refractivity contribution in [3.05, 3.63) is 56.7 Å². The Morgan fingerprint density at radius 2 is 1.96 bits per heavy atom. The molecular weight excluding hydrogens is 396 g/mol. The van der Waals surface area contributed by atoms with E-state index in [-0.39, 0.29) is 11.0 Å². The van der Waals surface area contributed by atoms with Crippen LogP contribution >= 0.6 is 22.9 Å². The number of nitrogens with zero attached hydrogens (tertiary/aromatic N) is 4. The van der Waals surface area contributed by atoms with Gasteiger partial charge in [0, 0.05) is 18.7 Å². The number of hydrogen-bond donors (Lipinski definition) is 1. The molecule has 140 valence electrons. The first-order valence-corrected chi connectivity index (χ1v) is 8.52. The average Bonchev–Trinajstić information content (AvgIpc) is 3.15. The molecule has 0 bridgehead atoms. The highest BCUT2D eigenvalue weighted by Gasteiger charge is 2.58. The van der Waals surface area contributed by atoms with Crippen molar-refractivity contribution < 1.29 is 22.7 Å². The zero-order valence-corrected chi connectivity index (χ0v) is 14.9. The van der Waals surface area contributed by atoms with Gasteiger partial charge in [-0.05, 0) is 24.3 Å². The van der Waals surface area contributed by atoms with Crippen molar-refractivity contribution >= 4 is 22.9 Å². The van der Waals surface area contributed by atoms with Gasteiger partial charge in [-0.1, -0.05) is 22.0 Å². The first-order chi connectivity index (χ1) is 12.1. The number of alkyl halides is 2. The summed E-state index contributed by atoms with van der Waals surface area (Å²) in [7, 11) is 1.55. The molecule has 2 heterocycles. The van der Waals surface area contributed by atoms with Crippen LogP contribution in [0.15, 0.2) is 40.8 Å². The van der Waals surface area contributed by atoms with Gasteiger partial charge in [-0.15, -0.1) is 11.3 Å². The minimum absolute atomic E-state index is 0.0202. The van der Waals surface area contributed by atoms with Crippen LogP contribution in [0, 0.1) is 11.6 Å². The molecule has 0 aliphatic carbocycles. The Morgan fingerprint density at radius 3 is 2.50 bits per heavy atom. The minimum atomic E-state index is -3.93. The highest BCUT2D eigenvalue weighted by Crippen LogP contribution is 2.49. The summed E-state index contributed by atoms with van der Waals surface area (Å²) in [6.07, 6.45) is 0. The second-order valence-corrected chi connectivity index (χ2v) is 7.52. The summed E-state index contributed by atoms with van der Waals surface area (Å²) in [6.45, 7) is -0.752. The second-order valence-electron chi connectivity index (χ2n) is 5.81. The molecular formula is C15H13ClF4N4OS. The maximum absolute atomic E-state index is 15.3. The Bertz CT molecular complexity index is 849. The molecule has 0 spiro atoms. The van der Waals surface area contributed by atoms with Crippen LogP contribution in [-0.4, -0.2) is 35.4 Å². The number of hydrogen-bond acceptors (Lipinski definition) is 6. The van der Waals surface area contributed by atoms with Crippen LogP contribution in [0.2, 0.25) is 4.34 Å². The summed E-state index contributed by atoms with van der Waals surface area (Å²) in [6, 6.07) is 4.34. The predicted octanol–water partition coefficient (Wildman–Crippen LogP) is 4.15. The fourth-order valence-corrected chi connectivity index (χ4v) is 3.72. The van der Waals surface area contributed by atoms with Gasteiger partial charge in [0.25, 0.3) is 0 Å². The Labute approximate surface area is 155 Å². The van der Waals surface area contributed by atoms with Crippen molar-refractivity contribution in [2.24, 2.45) is 10.4 Å².